The first kappa shape index (κ1) is 19.2. The number of benzene rings is 1. The Morgan fingerprint density at radius 1 is 1.17 bits per heavy atom. The van der Waals surface area contributed by atoms with E-state index in [-0.39, 0.29) is 29.1 Å². The molecule has 0 aliphatic carbocycles. The minimum absolute atomic E-state index is 0.110. The van der Waals surface area contributed by atoms with Crippen LogP contribution < -0.4 is 15.6 Å². The summed E-state index contributed by atoms with van der Waals surface area (Å²) in [6.45, 7) is 0.615. The van der Waals surface area contributed by atoms with Gasteiger partial charge in [-0.1, -0.05) is 18.2 Å². The van der Waals surface area contributed by atoms with E-state index in [1.807, 2.05) is 31.3 Å². The van der Waals surface area contributed by atoms with Crippen LogP contribution in [0.1, 0.15) is 47.8 Å². The van der Waals surface area contributed by atoms with Crippen LogP contribution in [0.3, 0.4) is 0 Å². The van der Waals surface area contributed by atoms with E-state index in [1.54, 1.807) is 4.90 Å². The fraction of sp³-hybridized carbons (Fsp3) is 0.429. The highest BCUT2D eigenvalue weighted by atomic mass is 16.5. The number of ether oxygens (including phenoxy) is 1. The quantitative estimate of drug-likeness (QED) is 0.829. The van der Waals surface area contributed by atoms with Crippen LogP contribution in [0.4, 0.5) is 0 Å². The van der Waals surface area contributed by atoms with Crippen LogP contribution in [0.5, 0.6) is 5.75 Å². The van der Waals surface area contributed by atoms with E-state index in [9.17, 15) is 14.4 Å². The monoisotopic (exact) mass is 396 g/mol. The number of aromatic nitrogens is 2. The van der Waals surface area contributed by atoms with Crippen LogP contribution in [0.15, 0.2) is 41.2 Å². The second-order valence-electron chi connectivity index (χ2n) is 7.80. The van der Waals surface area contributed by atoms with Crippen molar-refractivity contribution < 1.29 is 14.3 Å². The van der Waals surface area contributed by atoms with Gasteiger partial charge in [-0.3, -0.25) is 14.4 Å². The first-order chi connectivity index (χ1) is 13.9. The summed E-state index contributed by atoms with van der Waals surface area (Å²) in [5.74, 6) is 0.494. The molecule has 2 amide bonds. The van der Waals surface area contributed by atoms with E-state index in [4.69, 9.17) is 4.74 Å². The van der Waals surface area contributed by atoms with Gasteiger partial charge in [0.05, 0.1) is 6.04 Å². The second-order valence-corrected chi connectivity index (χ2v) is 7.80. The minimum atomic E-state index is -0.510. The van der Waals surface area contributed by atoms with Crippen LogP contribution in [0.25, 0.3) is 0 Å². The molecule has 2 aliphatic rings. The average molecular weight is 396 g/mol. The molecule has 0 bridgehead atoms. The number of rotatable bonds is 2. The van der Waals surface area contributed by atoms with Crippen molar-refractivity contribution in [3.8, 4) is 5.75 Å². The Kier molecular flexibility index (Phi) is 4.86. The molecular weight excluding hydrogens is 372 g/mol. The molecule has 29 heavy (non-hydrogen) atoms. The lowest BCUT2D eigenvalue weighted by molar-refractivity contribution is -0.129. The lowest BCUT2D eigenvalue weighted by Crippen LogP contribution is -2.46. The Bertz CT molecular complexity index is 1020. The van der Waals surface area contributed by atoms with Gasteiger partial charge >= 0.3 is 0 Å². The van der Waals surface area contributed by atoms with E-state index in [0.29, 0.717) is 32.2 Å². The van der Waals surface area contributed by atoms with Gasteiger partial charge in [0.2, 0.25) is 5.91 Å². The average Bonchev–Trinajstić information content (AvgIpc) is 2.84. The Morgan fingerprint density at radius 2 is 1.97 bits per heavy atom. The lowest BCUT2D eigenvalue weighted by Gasteiger charge is -2.42. The fourth-order valence-corrected chi connectivity index (χ4v) is 4.06. The molecule has 1 spiro atoms. The second kappa shape index (κ2) is 7.35. The van der Waals surface area contributed by atoms with Gasteiger partial charge in [0.15, 0.2) is 0 Å². The highest BCUT2D eigenvalue weighted by Gasteiger charge is 2.43. The molecule has 2 aliphatic heterocycles. The highest BCUT2D eigenvalue weighted by Crippen LogP contribution is 2.44. The Hall–Kier alpha value is -3.16. The molecule has 4 rings (SSSR count). The maximum Gasteiger partial charge on any atom is 0.272 e. The number of aryl methyl sites for hydroxylation is 1. The molecule has 1 aromatic carbocycles. The molecule has 3 heterocycles. The van der Waals surface area contributed by atoms with Crippen molar-refractivity contribution in [3.05, 3.63) is 58.0 Å². The number of hydrogen-bond acceptors (Lipinski definition) is 5. The summed E-state index contributed by atoms with van der Waals surface area (Å²) < 4.78 is 7.54. The zero-order chi connectivity index (χ0) is 20.6. The molecule has 0 radical (unpaired) electrons. The van der Waals surface area contributed by atoms with Gasteiger partial charge in [-0.25, -0.2) is 4.68 Å². The first-order valence-corrected chi connectivity index (χ1v) is 9.74. The van der Waals surface area contributed by atoms with Crippen molar-refractivity contribution in [2.45, 2.75) is 37.3 Å². The van der Waals surface area contributed by atoms with Crippen LogP contribution in [-0.4, -0.2) is 45.7 Å². The SMILES string of the molecule is CN1CC[C@]2(CCC1=O)C[C@@H](NC(=O)c1ccc(=O)n(C)n1)c1ccccc1O2. The van der Waals surface area contributed by atoms with Crippen LogP contribution in [-0.2, 0) is 11.8 Å². The molecule has 0 saturated carbocycles. The van der Waals surface area contributed by atoms with E-state index in [0.717, 1.165) is 16.0 Å². The topological polar surface area (TPSA) is 93.5 Å². The molecule has 8 nitrogen and oxygen atoms in total. The van der Waals surface area contributed by atoms with Crippen molar-refractivity contribution in [1.82, 2.24) is 20.0 Å². The normalized spacial score (nSPS) is 23.9. The molecule has 8 heteroatoms. The number of para-hydroxylation sites is 1. The maximum absolute atomic E-state index is 12.8. The molecule has 2 atom stereocenters. The summed E-state index contributed by atoms with van der Waals surface area (Å²) >= 11 is 0. The number of fused-ring (bicyclic) bond motifs is 1. The van der Waals surface area contributed by atoms with Gasteiger partial charge < -0.3 is 15.0 Å². The summed E-state index contributed by atoms with van der Waals surface area (Å²) in [5, 5.41) is 7.10. The fourth-order valence-electron chi connectivity index (χ4n) is 4.06. The molecule has 1 saturated heterocycles. The van der Waals surface area contributed by atoms with Crippen molar-refractivity contribution in [2.75, 3.05) is 13.6 Å². The number of amides is 2. The molecule has 1 fully saturated rings. The summed E-state index contributed by atoms with van der Waals surface area (Å²) in [6.07, 6.45) is 2.30. The summed E-state index contributed by atoms with van der Waals surface area (Å²) in [6, 6.07) is 10.1. The third-order valence-corrected chi connectivity index (χ3v) is 5.82. The van der Waals surface area contributed by atoms with E-state index in [1.165, 1.54) is 19.2 Å². The van der Waals surface area contributed by atoms with Crippen LogP contribution >= 0.6 is 0 Å². The van der Waals surface area contributed by atoms with E-state index < -0.39 is 5.60 Å². The molecule has 2 aromatic rings. The van der Waals surface area contributed by atoms with Crippen LogP contribution in [0.2, 0.25) is 0 Å². The van der Waals surface area contributed by atoms with Gasteiger partial charge in [0, 0.05) is 51.5 Å². The largest absolute Gasteiger partial charge is 0.487 e. The molecule has 1 aromatic heterocycles. The van der Waals surface area contributed by atoms with Gasteiger partial charge in [-0.15, -0.1) is 0 Å². The van der Waals surface area contributed by atoms with Crippen LogP contribution in [0, 0.1) is 0 Å². The Labute approximate surface area is 168 Å². The lowest BCUT2D eigenvalue weighted by atomic mass is 9.82. The number of hydrogen-bond donors (Lipinski definition) is 1. The number of nitrogens with zero attached hydrogens (tertiary/aromatic N) is 3. The van der Waals surface area contributed by atoms with Gasteiger partial charge in [-0.2, -0.15) is 5.10 Å². The Balaban J connectivity index is 1.63. The summed E-state index contributed by atoms with van der Waals surface area (Å²) in [5.41, 5.74) is 0.300. The summed E-state index contributed by atoms with van der Waals surface area (Å²) in [7, 11) is 3.32. The number of nitrogens with one attached hydrogen (secondary N) is 1. The van der Waals surface area contributed by atoms with Crippen molar-refractivity contribution in [1.29, 1.82) is 0 Å². The third kappa shape index (κ3) is 3.74. The highest BCUT2D eigenvalue weighted by molar-refractivity contribution is 5.92. The molecule has 152 valence electrons. The number of carbonyl (C=O) groups excluding carboxylic acids is 2. The predicted octanol–water partition coefficient (Wildman–Crippen LogP) is 1.42. The maximum atomic E-state index is 12.8. The van der Waals surface area contributed by atoms with Crippen molar-refractivity contribution >= 4 is 11.8 Å². The number of likely N-dealkylation sites (tertiary alicyclic amines) is 1. The summed E-state index contributed by atoms with van der Waals surface area (Å²) in [4.78, 5) is 38.3. The van der Waals surface area contributed by atoms with E-state index in [2.05, 4.69) is 10.4 Å². The zero-order valence-electron chi connectivity index (χ0n) is 16.6. The standard InChI is InChI=1S/C21H24N4O4/c1-24-12-11-21(10-9-18(24)26)13-16(14-5-3-4-6-17(14)29-21)22-20(28)15-7-8-19(27)25(2)23-15/h3-8,16H,9-13H2,1-2H3,(H,22,28)/t16-,21-/m1/s1. The van der Waals surface area contributed by atoms with Gasteiger partial charge in [-0.05, 0) is 18.6 Å². The van der Waals surface area contributed by atoms with Gasteiger partial charge in [0.1, 0.15) is 17.0 Å². The third-order valence-electron chi connectivity index (χ3n) is 5.82. The minimum Gasteiger partial charge on any atom is -0.487 e. The Morgan fingerprint density at radius 3 is 2.76 bits per heavy atom. The van der Waals surface area contributed by atoms with Crippen molar-refractivity contribution in [3.63, 3.8) is 0 Å². The predicted molar refractivity (Wildman–Crippen MR) is 106 cm³/mol. The first-order valence-electron chi connectivity index (χ1n) is 9.74. The zero-order valence-corrected chi connectivity index (χ0v) is 16.6. The number of carbonyl (C=O) groups is 2. The smallest absolute Gasteiger partial charge is 0.272 e. The van der Waals surface area contributed by atoms with Crippen molar-refractivity contribution in [2.24, 2.45) is 7.05 Å². The molecular formula is C21H24N4O4. The van der Waals surface area contributed by atoms with E-state index >= 15 is 0 Å². The van der Waals surface area contributed by atoms with Gasteiger partial charge in [0.25, 0.3) is 11.5 Å². The molecule has 0 unspecified atom stereocenters. The molecule has 1 N–H and O–H groups in total.